The van der Waals surface area contributed by atoms with Gasteiger partial charge in [-0.3, -0.25) is 0 Å². The van der Waals surface area contributed by atoms with Gasteiger partial charge in [0.05, 0.1) is 15.6 Å². The van der Waals surface area contributed by atoms with E-state index in [1.807, 2.05) is 23.9 Å². The molecule has 0 aliphatic carbocycles. The van der Waals surface area contributed by atoms with Gasteiger partial charge in [-0.05, 0) is 12.1 Å². The lowest BCUT2D eigenvalue weighted by Gasteiger charge is -2.06. The molecule has 0 fully saturated rings. The van der Waals surface area contributed by atoms with Crippen LogP contribution in [0.4, 0.5) is 0 Å². The Morgan fingerprint density at radius 1 is 1.21 bits per heavy atom. The molecule has 0 radical (unpaired) electrons. The summed E-state index contributed by atoms with van der Waals surface area (Å²) in [5.74, 6) is 0.778. The van der Waals surface area contributed by atoms with E-state index in [1.54, 1.807) is 18.3 Å². The molecule has 4 heteroatoms. The summed E-state index contributed by atoms with van der Waals surface area (Å²) in [4.78, 5) is 4.20. The number of aryl methyl sites for hydroxylation is 1. The molecule has 2 nitrogen and oxygen atoms in total. The van der Waals surface area contributed by atoms with Gasteiger partial charge in [0.25, 0.3) is 0 Å². The summed E-state index contributed by atoms with van der Waals surface area (Å²) >= 11 is 12.1. The summed E-state index contributed by atoms with van der Waals surface area (Å²) in [6.07, 6.45) is 3.57. The van der Waals surface area contributed by atoms with Crippen LogP contribution < -0.4 is 0 Å². The van der Waals surface area contributed by atoms with Gasteiger partial charge in [-0.15, -0.1) is 0 Å². The van der Waals surface area contributed by atoms with E-state index < -0.39 is 0 Å². The minimum atomic E-state index is 0.617. The van der Waals surface area contributed by atoms with Gasteiger partial charge in [0.2, 0.25) is 0 Å². The molecule has 1 heterocycles. The highest BCUT2D eigenvalue weighted by Crippen LogP contribution is 2.32. The molecule has 72 valence electrons. The molecule has 0 N–H and O–H groups in total. The lowest BCUT2D eigenvalue weighted by atomic mass is 10.2. The van der Waals surface area contributed by atoms with E-state index in [4.69, 9.17) is 23.2 Å². The van der Waals surface area contributed by atoms with E-state index >= 15 is 0 Å². The molecule has 0 bridgehead atoms. The van der Waals surface area contributed by atoms with Crippen LogP contribution >= 0.6 is 23.2 Å². The first kappa shape index (κ1) is 9.56. The molecule has 0 atom stereocenters. The third-order valence-electron chi connectivity index (χ3n) is 2.01. The van der Waals surface area contributed by atoms with E-state index in [1.165, 1.54) is 0 Å². The fourth-order valence-corrected chi connectivity index (χ4v) is 1.88. The van der Waals surface area contributed by atoms with Crippen LogP contribution in [0.15, 0.2) is 30.6 Å². The summed E-state index contributed by atoms with van der Waals surface area (Å²) < 4.78 is 1.88. The van der Waals surface area contributed by atoms with Gasteiger partial charge in [0.1, 0.15) is 5.82 Å². The number of aromatic nitrogens is 2. The van der Waals surface area contributed by atoms with Crippen molar-refractivity contribution in [2.45, 2.75) is 0 Å². The maximum Gasteiger partial charge on any atom is 0.142 e. The zero-order valence-electron chi connectivity index (χ0n) is 7.54. The van der Waals surface area contributed by atoms with Crippen molar-refractivity contribution in [2.75, 3.05) is 0 Å². The summed E-state index contributed by atoms with van der Waals surface area (Å²) in [7, 11) is 1.90. The predicted molar refractivity (Wildman–Crippen MR) is 58.7 cm³/mol. The van der Waals surface area contributed by atoms with Crippen molar-refractivity contribution in [1.29, 1.82) is 0 Å². The van der Waals surface area contributed by atoms with Gasteiger partial charge in [-0.1, -0.05) is 29.3 Å². The van der Waals surface area contributed by atoms with Crippen LogP contribution in [0, 0.1) is 0 Å². The maximum absolute atomic E-state index is 6.06. The smallest absolute Gasteiger partial charge is 0.142 e. The summed E-state index contributed by atoms with van der Waals surface area (Å²) in [6, 6.07) is 5.42. The lowest BCUT2D eigenvalue weighted by Crippen LogP contribution is -1.92. The third-order valence-corrected chi connectivity index (χ3v) is 2.64. The van der Waals surface area contributed by atoms with Crippen LogP contribution in [-0.4, -0.2) is 9.55 Å². The number of benzene rings is 1. The van der Waals surface area contributed by atoms with Gasteiger partial charge in [0, 0.05) is 19.4 Å². The second kappa shape index (κ2) is 3.64. The molecule has 0 spiro atoms. The quantitative estimate of drug-likeness (QED) is 0.730. The van der Waals surface area contributed by atoms with Gasteiger partial charge < -0.3 is 4.57 Å². The summed E-state index contributed by atoms with van der Waals surface area (Å²) in [6.45, 7) is 0. The fraction of sp³-hybridized carbons (Fsp3) is 0.100. The molecule has 0 saturated heterocycles. The van der Waals surface area contributed by atoms with E-state index in [2.05, 4.69) is 4.98 Å². The van der Waals surface area contributed by atoms with E-state index in [9.17, 15) is 0 Å². The number of halogens is 2. The first-order valence-electron chi connectivity index (χ1n) is 4.12. The molecule has 2 aromatic rings. The molecular formula is C10H8Cl2N2. The normalized spacial score (nSPS) is 10.5. The highest BCUT2D eigenvalue weighted by atomic mass is 35.5. The predicted octanol–water partition coefficient (Wildman–Crippen LogP) is 3.39. The largest absolute Gasteiger partial charge is 0.334 e. The Morgan fingerprint density at radius 2 is 1.86 bits per heavy atom. The highest BCUT2D eigenvalue weighted by Gasteiger charge is 2.11. The van der Waals surface area contributed by atoms with E-state index in [0.29, 0.717) is 10.0 Å². The molecule has 1 aromatic heterocycles. The van der Waals surface area contributed by atoms with Crippen molar-refractivity contribution < 1.29 is 0 Å². The van der Waals surface area contributed by atoms with Gasteiger partial charge >= 0.3 is 0 Å². The Morgan fingerprint density at radius 3 is 2.36 bits per heavy atom. The topological polar surface area (TPSA) is 17.8 Å². The number of hydrogen-bond acceptors (Lipinski definition) is 1. The number of imidazole rings is 1. The number of nitrogens with zero attached hydrogens (tertiary/aromatic N) is 2. The monoisotopic (exact) mass is 226 g/mol. The second-order valence-corrected chi connectivity index (χ2v) is 3.77. The first-order valence-corrected chi connectivity index (χ1v) is 4.87. The third kappa shape index (κ3) is 1.51. The Kier molecular flexibility index (Phi) is 2.48. The minimum Gasteiger partial charge on any atom is -0.334 e. The Labute approximate surface area is 92.1 Å². The van der Waals surface area contributed by atoms with E-state index in [-0.39, 0.29) is 0 Å². The van der Waals surface area contributed by atoms with Gasteiger partial charge in [-0.25, -0.2) is 4.98 Å². The molecule has 0 amide bonds. The molecule has 1 aromatic carbocycles. The Bertz CT molecular complexity index is 443. The molecule has 0 aliphatic heterocycles. The van der Waals surface area contributed by atoms with Crippen molar-refractivity contribution in [3.63, 3.8) is 0 Å². The standard InChI is InChI=1S/C10H8Cl2N2/c1-14-6-5-13-10(14)9-7(11)3-2-4-8(9)12/h2-6H,1H3. The average Bonchev–Trinajstić information content (AvgIpc) is 2.52. The van der Waals surface area contributed by atoms with Crippen molar-refractivity contribution >= 4 is 23.2 Å². The van der Waals surface area contributed by atoms with Crippen LogP contribution in [0.1, 0.15) is 0 Å². The van der Waals surface area contributed by atoms with Crippen molar-refractivity contribution in [3.8, 4) is 11.4 Å². The fourth-order valence-electron chi connectivity index (χ4n) is 1.32. The first-order chi connectivity index (χ1) is 6.70. The van der Waals surface area contributed by atoms with Crippen LogP contribution in [0.3, 0.4) is 0 Å². The maximum atomic E-state index is 6.06. The Balaban J connectivity index is 2.68. The molecule has 14 heavy (non-hydrogen) atoms. The summed E-state index contributed by atoms with van der Waals surface area (Å²) in [5, 5.41) is 1.23. The second-order valence-electron chi connectivity index (χ2n) is 2.96. The van der Waals surface area contributed by atoms with Gasteiger partial charge in [-0.2, -0.15) is 0 Å². The van der Waals surface area contributed by atoms with Crippen LogP contribution in [0.25, 0.3) is 11.4 Å². The SMILES string of the molecule is Cn1ccnc1-c1c(Cl)cccc1Cl. The van der Waals surface area contributed by atoms with E-state index in [0.717, 1.165) is 11.4 Å². The average molecular weight is 227 g/mol. The lowest BCUT2D eigenvalue weighted by molar-refractivity contribution is 0.925. The highest BCUT2D eigenvalue weighted by molar-refractivity contribution is 6.38. The summed E-state index contributed by atoms with van der Waals surface area (Å²) in [5.41, 5.74) is 0.781. The number of rotatable bonds is 1. The van der Waals surface area contributed by atoms with Crippen molar-refractivity contribution in [1.82, 2.24) is 9.55 Å². The van der Waals surface area contributed by atoms with Gasteiger partial charge in [0.15, 0.2) is 0 Å². The van der Waals surface area contributed by atoms with Crippen LogP contribution in [0.2, 0.25) is 10.0 Å². The van der Waals surface area contributed by atoms with Crippen molar-refractivity contribution in [2.24, 2.45) is 7.05 Å². The molecule has 0 saturated carbocycles. The molecule has 0 aliphatic rings. The zero-order valence-corrected chi connectivity index (χ0v) is 9.05. The Hall–Kier alpha value is -0.990. The minimum absolute atomic E-state index is 0.617. The van der Waals surface area contributed by atoms with Crippen LogP contribution in [0.5, 0.6) is 0 Å². The molecular weight excluding hydrogens is 219 g/mol. The molecule has 2 rings (SSSR count). The zero-order chi connectivity index (χ0) is 10.1. The number of hydrogen-bond donors (Lipinski definition) is 0. The van der Waals surface area contributed by atoms with Crippen molar-refractivity contribution in [3.05, 3.63) is 40.6 Å². The van der Waals surface area contributed by atoms with Crippen LogP contribution in [-0.2, 0) is 7.05 Å². The molecule has 0 unspecified atom stereocenters.